The van der Waals surface area contributed by atoms with Gasteiger partial charge in [-0.2, -0.15) is 5.10 Å². The zero-order valence-electron chi connectivity index (χ0n) is 11.0. The maximum atomic E-state index is 11.5. The van der Waals surface area contributed by atoms with Crippen LogP contribution in [0.1, 0.15) is 19.3 Å². The molecule has 1 N–H and O–H groups in total. The largest absolute Gasteiger partial charge is 0.396 e. The number of piperidine rings is 1. The van der Waals surface area contributed by atoms with E-state index in [1.54, 1.807) is 0 Å². The lowest BCUT2D eigenvalue weighted by Crippen LogP contribution is -2.36. The van der Waals surface area contributed by atoms with E-state index in [9.17, 15) is 4.79 Å². The van der Waals surface area contributed by atoms with E-state index in [1.807, 2.05) is 0 Å². The zero-order chi connectivity index (χ0) is 13.7. The maximum Gasteiger partial charge on any atom is 0.266 e. The van der Waals surface area contributed by atoms with Crippen LogP contribution in [-0.2, 0) is 6.54 Å². The van der Waals surface area contributed by atoms with Gasteiger partial charge in [0.05, 0.1) is 0 Å². The Hall–Kier alpha value is -0.910. The standard InChI is InChI=1S/C13H20ClN3O2/c14-12-2-3-13(19)17(15-12)7-1-6-16-8-4-11(10-18)5-9-16/h2-3,11,18H,1,4-10H2. The molecule has 0 aliphatic carbocycles. The van der Waals surface area contributed by atoms with Gasteiger partial charge in [-0.05, 0) is 50.9 Å². The van der Waals surface area contributed by atoms with E-state index in [-0.39, 0.29) is 5.56 Å². The molecular formula is C13H20ClN3O2. The summed E-state index contributed by atoms with van der Waals surface area (Å²) in [7, 11) is 0. The normalized spacial score (nSPS) is 17.8. The van der Waals surface area contributed by atoms with Crippen LogP contribution in [0.25, 0.3) is 0 Å². The first-order valence-electron chi connectivity index (χ1n) is 6.76. The van der Waals surface area contributed by atoms with Gasteiger partial charge >= 0.3 is 0 Å². The predicted molar refractivity (Wildman–Crippen MR) is 74.4 cm³/mol. The molecule has 1 fully saturated rings. The van der Waals surface area contributed by atoms with E-state index in [0.29, 0.717) is 24.2 Å². The molecule has 0 saturated carbocycles. The van der Waals surface area contributed by atoms with E-state index >= 15 is 0 Å². The third-order valence-corrected chi connectivity index (χ3v) is 3.85. The van der Waals surface area contributed by atoms with Crippen LogP contribution < -0.4 is 5.56 Å². The van der Waals surface area contributed by atoms with Crippen LogP contribution >= 0.6 is 11.6 Å². The molecule has 0 unspecified atom stereocenters. The van der Waals surface area contributed by atoms with Gasteiger partial charge < -0.3 is 10.0 Å². The minimum absolute atomic E-state index is 0.108. The predicted octanol–water partition coefficient (Wildman–Crippen LogP) is 0.991. The summed E-state index contributed by atoms with van der Waals surface area (Å²) in [6, 6.07) is 2.96. The summed E-state index contributed by atoms with van der Waals surface area (Å²) in [4.78, 5) is 13.9. The van der Waals surface area contributed by atoms with Crippen molar-refractivity contribution < 1.29 is 5.11 Å². The van der Waals surface area contributed by atoms with Crippen molar-refractivity contribution in [3.63, 3.8) is 0 Å². The van der Waals surface area contributed by atoms with Crippen molar-refractivity contribution in [3.05, 3.63) is 27.6 Å². The highest BCUT2D eigenvalue weighted by molar-refractivity contribution is 6.29. The van der Waals surface area contributed by atoms with Crippen molar-refractivity contribution in [1.29, 1.82) is 0 Å². The average molecular weight is 286 g/mol. The second-order valence-electron chi connectivity index (χ2n) is 5.04. The number of halogens is 1. The fourth-order valence-electron chi connectivity index (χ4n) is 2.42. The van der Waals surface area contributed by atoms with Gasteiger partial charge in [-0.1, -0.05) is 11.6 Å². The van der Waals surface area contributed by atoms with Gasteiger partial charge in [0.1, 0.15) is 5.15 Å². The third kappa shape index (κ3) is 4.30. The number of nitrogens with zero attached hydrogens (tertiary/aromatic N) is 3. The van der Waals surface area contributed by atoms with Crippen LogP contribution in [0.2, 0.25) is 5.15 Å². The molecule has 19 heavy (non-hydrogen) atoms. The van der Waals surface area contributed by atoms with Crippen molar-refractivity contribution in [3.8, 4) is 0 Å². The maximum absolute atomic E-state index is 11.5. The Bertz CT molecular complexity index is 455. The molecular weight excluding hydrogens is 266 g/mol. The van der Waals surface area contributed by atoms with Gasteiger partial charge in [-0.15, -0.1) is 0 Å². The summed E-state index contributed by atoms with van der Waals surface area (Å²) in [5, 5.41) is 13.4. The molecule has 0 spiro atoms. The van der Waals surface area contributed by atoms with Crippen LogP contribution in [-0.4, -0.2) is 46.0 Å². The molecule has 0 amide bonds. The number of likely N-dealkylation sites (tertiary alicyclic amines) is 1. The molecule has 2 rings (SSSR count). The number of hydrogen-bond acceptors (Lipinski definition) is 4. The molecule has 0 radical (unpaired) electrons. The highest BCUT2D eigenvalue weighted by atomic mass is 35.5. The fourth-order valence-corrected chi connectivity index (χ4v) is 2.58. The number of aromatic nitrogens is 2. The Kier molecular flexibility index (Phi) is 5.36. The molecule has 5 nitrogen and oxygen atoms in total. The van der Waals surface area contributed by atoms with Crippen LogP contribution in [0.5, 0.6) is 0 Å². The molecule has 0 atom stereocenters. The van der Waals surface area contributed by atoms with Crippen LogP contribution in [0.15, 0.2) is 16.9 Å². The molecule has 0 bridgehead atoms. The Labute approximate surface area is 117 Å². The first-order chi connectivity index (χ1) is 9.19. The topological polar surface area (TPSA) is 58.4 Å². The lowest BCUT2D eigenvalue weighted by atomic mass is 9.98. The van der Waals surface area contributed by atoms with Crippen molar-refractivity contribution in [2.45, 2.75) is 25.8 Å². The molecule has 1 aromatic heterocycles. The summed E-state index contributed by atoms with van der Waals surface area (Å²) in [6.07, 6.45) is 3.01. The van der Waals surface area contributed by atoms with Gasteiger partial charge in [0.15, 0.2) is 0 Å². The minimum Gasteiger partial charge on any atom is -0.396 e. The van der Waals surface area contributed by atoms with Gasteiger partial charge in [0, 0.05) is 19.2 Å². The quantitative estimate of drug-likeness (QED) is 0.877. The number of rotatable bonds is 5. The molecule has 6 heteroatoms. The van der Waals surface area contributed by atoms with Crippen molar-refractivity contribution in [2.75, 3.05) is 26.2 Å². The zero-order valence-corrected chi connectivity index (χ0v) is 11.7. The van der Waals surface area contributed by atoms with E-state index in [1.165, 1.54) is 16.8 Å². The van der Waals surface area contributed by atoms with Crippen molar-refractivity contribution in [2.24, 2.45) is 5.92 Å². The monoisotopic (exact) mass is 285 g/mol. The van der Waals surface area contributed by atoms with Gasteiger partial charge in [0.25, 0.3) is 5.56 Å². The number of aryl methyl sites for hydroxylation is 1. The highest BCUT2D eigenvalue weighted by Gasteiger charge is 2.17. The lowest BCUT2D eigenvalue weighted by molar-refractivity contribution is 0.129. The number of aliphatic hydroxyl groups is 1. The van der Waals surface area contributed by atoms with Crippen LogP contribution in [0.3, 0.4) is 0 Å². The van der Waals surface area contributed by atoms with E-state index in [0.717, 1.165) is 38.9 Å². The smallest absolute Gasteiger partial charge is 0.266 e. The Morgan fingerprint density at radius 2 is 2.05 bits per heavy atom. The van der Waals surface area contributed by atoms with Crippen LogP contribution in [0, 0.1) is 5.92 Å². The number of aliphatic hydroxyl groups excluding tert-OH is 1. The summed E-state index contributed by atoms with van der Waals surface area (Å²) in [5.74, 6) is 0.466. The van der Waals surface area contributed by atoms with Gasteiger partial charge in [-0.25, -0.2) is 4.68 Å². The molecule has 1 saturated heterocycles. The average Bonchev–Trinajstić information content (AvgIpc) is 2.43. The fraction of sp³-hybridized carbons (Fsp3) is 0.692. The van der Waals surface area contributed by atoms with E-state index in [2.05, 4.69) is 10.00 Å². The summed E-state index contributed by atoms with van der Waals surface area (Å²) in [5.41, 5.74) is -0.108. The first-order valence-corrected chi connectivity index (χ1v) is 7.13. The molecule has 2 heterocycles. The summed E-state index contributed by atoms with van der Waals surface area (Å²) in [6.45, 7) is 3.92. The first kappa shape index (κ1) is 14.5. The molecule has 1 aliphatic heterocycles. The van der Waals surface area contributed by atoms with E-state index < -0.39 is 0 Å². The highest BCUT2D eigenvalue weighted by Crippen LogP contribution is 2.16. The second-order valence-corrected chi connectivity index (χ2v) is 5.43. The van der Waals surface area contributed by atoms with Crippen LogP contribution in [0.4, 0.5) is 0 Å². The van der Waals surface area contributed by atoms with Gasteiger partial charge in [0.2, 0.25) is 0 Å². The van der Waals surface area contributed by atoms with Crippen molar-refractivity contribution in [1.82, 2.24) is 14.7 Å². The molecule has 0 aromatic carbocycles. The van der Waals surface area contributed by atoms with Gasteiger partial charge in [-0.3, -0.25) is 4.79 Å². The second kappa shape index (κ2) is 7.03. The lowest BCUT2D eigenvalue weighted by Gasteiger charge is -2.30. The molecule has 106 valence electrons. The Balaban J connectivity index is 1.75. The third-order valence-electron chi connectivity index (χ3n) is 3.64. The Morgan fingerprint density at radius 3 is 2.74 bits per heavy atom. The Morgan fingerprint density at radius 1 is 1.32 bits per heavy atom. The number of hydrogen-bond donors (Lipinski definition) is 1. The minimum atomic E-state index is -0.108. The molecule has 1 aromatic rings. The summed E-state index contributed by atoms with van der Waals surface area (Å²) < 4.78 is 1.42. The SMILES string of the molecule is O=c1ccc(Cl)nn1CCCN1CCC(CO)CC1. The van der Waals surface area contributed by atoms with Crippen molar-refractivity contribution >= 4 is 11.6 Å². The summed E-state index contributed by atoms with van der Waals surface area (Å²) >= 11 is 5.77. The van der Waals surface area contributed by atoms with E-state index in [4.69, 9.17) is 16.7 Å². The molecule has 1 aliphatic rings.